The molecule has 1 rings (SSSR count). The third kappa shape index (κ3) is 4.84. The Morgan fingerprint density at radius 2 is 2.11 bits per heavy atom. The predicted octanol–water partition coefficient (Wildman–Crippen LogP) is 3.13. The number of carbonyl (C=O) groups is 2. The highest BCUT2D eigenvalue weighted by Crippen LogP contribution is 2.22. The van der Waals surface area contributed by atoms with Gasteiger partial charge < -0.3 is 9.64 Å². The van der Waals surface area contributed by atoms with E-state index in [9.17, 15) is 9.59 Å². The molecule has 104 valence electrons. The highest BCUT2D eigenvalue weighted by Gasteiger charge is 2.16. The van der Waals surface area contributed by atoms with Gasteiger partial charge in [-0.1, -0.05) is 11.6 Å². The molecule has 6 heteroatoms. The summed E-state index contributed by atoms with van der Waals surface area (Å²) >= 11 is 9.12. The van der Waals surface area contributed by atoms with E-state index in [1.807, 2.05) is 0 Å². The molecule has 0 heterocycles. The maximum atomic E-state index is 12.1. The largest absolute Gasteiger partial charge is 0.466 e. The number of halogens is 2. The van der Waals surface area contributed by atoms with E-state index < -0.39 is 0 Å². The number of rotatable bonds is 5. The van der Waals surface area contributed by atoms with Crippen molar-refractivity contribution in [3.63, 3.8) is 0 Å². The lowest BCUT2D eigenvalue weighted by Gasteiger charge is -2.17. The van der Waals surface area contributed by atoms with Gasteiger partial charge in [-0.15, -0.1) is 0 Å². The maximum absolute atomic E-state index is 12.1. The first-order chi connectivity index (χ1) is 8.95. The quantitative estimate of drug-likeness (QED) is 0.768. The van der Waals surface area contributed by atoms with Crippen LogP contribution >= 0.6 is 27.5 Å². The molecule has 0 aliphatic heterocycles. The number of nitrogens with zero attached hydrogens (tertiary/aromatic N) is 1. The van der Waals surface area contributed by atoms with Crippen molar-refractivity contribution in [2.45, 2.75) is 13.3 Å². The van der Waals surface area contributed by atoms with Crippen LogP contribution < -0.4 is 0 Å². The summed E-state index contributed by atoms with van der Waals surface area (Å²) in [7, 11) is 1.64. The van der Waals surface area contributed by atoms with Crippen molar-refractivity contribution in [1.29, 1.82) is 0 Å². The number of benzene rings is 1. The highest BCUT2D eigenvalue weighted by molar-refractivity contribution is 9.10. The van der Waals surface area contributed by atoms with E-state index in [2.05, 4.69) is 15.9 Å². The third-order valence-corrected chi connectivity index (χ3v) is 3.36. The smallest absolute Gasteiger partial charge is 0.307 e. The Bertz CT molecular complexity index is 479. The Labute approximate surface area is 125 Å². The second-order valence-electron chi connectivity index (χ2n) is 3.91. The molecule has 1 amide bonds. The number of carbonyl (C=O) groups excluding carboxylic acids is 2. The molecule has 0 aliphatic carbocycles. The molecule has 0 saturated heterocycles. The van der Waals surface area contributed by atoms with E-state index in [4.69, 9.17) is 16.3 Å². The van der Waals surface area contributed by atoms with Gasteiger partial charge in [-0.05, 0) is 41.1 Å². The number of amides is 1. The minimum absolute atomic E-state index is 0.173. The first kappa shape index (κ1) is 16.0. The van der Waals surface area contributed by atoms with Gasteiger partial charge in [-0.2, -0.15) is 0 Å². The topological polar surface area (TPSA) is 46.6 Å². The van der Waals surface area contributed by atoms with Crippen molar-refractivity contribution in [2.75, 3.05) is 20.2 Å². The van der Waals surface area contributed by atoms with E-state index in [0.717, 1.165) is 0 Å². The third-order valence-electron chi connectivity index (χ3n) is 2.46. The summed E-state index contributed by atoms with van der Waals surface area (Å²) in [4.78, 5) is 24.9. The van der Waals surface area contributed by atoms with Crippen LogP contribution in [0.3, 0.4) is 0 Å². The second-order valence-corrected chi connectivity index (χ2v) is 5.20. The van der Waals surface area contributed by atoms with Crippen molar-refractivity contribution in [3.8, 4) is 0 Å². The molecule has 0 N–H and O–H groups in total. The summed E-state index contributed by atoms with van der Waals surface area (Å²) in [6, 6.07) is 4.96. The lowest BCUT2D eigenvalue weighted by Crippen LogP contribution is -2.29. The zero-order valence-corrected chi connectivity index (χ0v) is 13.1. The maximum Gasteiger partial charge on any atom is 0.307 e. The lowest BCUT2D eigenvalue weighted by atomic mass is 10.2. The highest BCUT2D eigenvalue weighted by atomic mass is 79.9. The Kier molecular flexibility index (Phi) is 6.31. The number of hydrogen-bond acceptors (Lipinski definition) is 3. The first-order valence-electron chi connectivity index (χ1n) is 5.81. The van der Waals surface area contributed by atoms with Crippen molar-refractivity contribution in [3.05, 3.63) is 33.3 Å². The van der Waals surface area contributed by atoms with Crippen LogP contribution in [0.2, 0.25) is 5.02 Å². The van der Waals surface area contributed by atoms with E-state index in [1.54, 1.807) is 32.2 Å². The Balaban J connectivity index is 2.64. The van der Waals surface area contributed by atoms with Crippen LogP contribution in [-0.4, -0.2) is 37.0 Å². The normalized spacial score (nSPS) is 10.1. The van der Waals surface area contributed by atoms with Crippen molar-refractivity contribution in [1.82, 2.24) is 4.90 Å². The summed E-state index contributed by atoms with van der Waals surface area (Å²) in [5, 5.41) is 0.553. The Morgan fingerprint density at radius 1 is 1.42 bits per heavy atom. The molecular weight excluding hydrogens is 334 g/mol. The molecule has 0 aromatic heterocycles. The van der Waals surface area contributed by atoms with Crippen LogP contribution in [0.1, 0.15) is 23.7 Å². The summed E-state index contributed by atoms with van der Waals surface area (Å²) in [6.07, 6.45) is 0.182. The Morgan fingerprint density at radius 3 is 2.68 bits per heavy atom. The van der Waals surface area contributed by atoms with Crippen LogP contribution in [0.25, 0.3) is 0 Å². The summed E-state index contributed by atoms with van der Waals surface area (Å²) < 4.78 is 5.45. The molecule has 19 heavy (non-hydrogen) atoms. The first-order valence-corrected chi connectivity index (χ1v) is 6.99. The number of ether oxygens (including phenoxy) is 1. The molecule has 0 saturated carbocycles. The molecular formula is C13H15BrClNO3. The Hall–Kier alpha value is -1.07. The summed E-state index contributed by atoms with van der Waals surface area (Å²) in [5.41, 5.74) is 0.510. The molecule has 4 nitrogen and oxygen atoms in total. The molecule has 1 aromatic carbocycles. The minimum atomic E-state index is -0.308. The van der Waals surface area contributed by atoms with Gasteiger partial charge in [-0.3, -0.25) is 9.59 Å². The van der Waals surface area contributed by atoms with Crippen LogP contribution in [-0.2, 0) is 9.53 Å². The van der Waals surface area contributed by atoms with E-state index >= 15 is 0 Å². The summed E-state index contributed by atoms with van der Waals surface area (Å²) in [6.45, 7) is 2.41. The van der Waals surface area contributed by atoms with Gasteiger partial charge in [0.05, 0.1) is 18.6 Å². The van der Waals surface area contributed by atoms with Crippen molar-refractivity contribution in [2.24, 2.45) is 0 Å². The van der Waals surface area contributed by atoms with Crippen molar-refractivity contribution >= 4 is 39.4 Å². The van der Waals surface area contributed by atoms with Gasteiger partial charge in [-0.25, -0.2) is 0 Å². The molecule has 0 unspecified atom stereocenters. The minimum Gasteiger partial charge on any atom is -0.466 e. The van der Waals surface area contributed by atoms with Gasteiger partial charge in [0.15, 0.2) is 0 Å². The van der Waals surface area contributed by atoms with Gasteiger partial charge >= 0.3 is 5.97 Å². The lowest BCUT2D eigenvalue weighted by molar-refractivity contribution is -0.143. The van der Waals surface area contributed by atoms with Crippen LogP contribution in [0.15, 0.2) is 22.7 Å². The SMILES string of the molecule is CCOC(=O)CCN(C)C(=O)c1ccc(Cl)cc1Br. The molecule has 0 radical (unpaired) electrons. The molecule has 0 atom stereocenters. The molecule has 1 aromatic rings. The fraction of sp³-hybridized carbons (Fsp3) is 0.385. The van der Waals surface area contributed by atoms with E-state index in [1.165, 1.54) is 4.90 Å². The molecule has 0 aliphatic rings. The monoisotopic (exact) mass is 347 g/mol. The standard InChI is InChI=1S/C13H15BrClNO3/c1-3-19-12(17)6-7-16(2)13(18)10-5-4-9(15)8-11(10)14/h4-5,8H,3,6-7H2,1-2H3. The molecule has 0 fully saturated rings. The number of hydrogen-bond donors (Lipinski definition) is 0. The van der Waals surface area contributed by atoms with Crippen LogP contribution in [0, 0.1) is 0 Å². The fourth-order valence-corrected chi connectivity index (χ4v) is 2.31. The van der Waals surface area contributed by atoms with Crippen LogP contribution in [0.5, 0.6) is 0 Å². The number of esters is 1. The molecule has 0 spiro atoms. The van der Waals surface area contributed by atoms with Gasteiger partial charge in [0.2, 0.25) is 0 Å². The zero-order valence-electron chi connectivity index (χ0n) is 10.8. The van der Waals surface area contributed by atoms with E-state index in [0.29, 0.717) is 28.2 Å². The van der Waals surface area contributed by atoms with E-state index in [-0.39, 0.29) is 18.3 Å². The predicted molar refractivity (Wildman–Crippen MR) is 77.4 cm³/mol. The zero-order chi connectivity index (χ0) is 14.4. The van der Waals surface area contributed by atoms with Crippen LogP contribution in [0.4, 0.5) is 0 Å². The van der Waals surface area contributed by atoms with Gasteiger partial charge in [0, 0.05) is 23.1 Å². The average Bonchev–Trinajstić information content (AvgIpc) is 2.35. The second kappa shape index (κ2) is 7.50. The van der Waals surface area contributed by atoms with Gasteiger partial charge in [0.25, 0.3) is 5.91 Å². The average molecular weight is 349 g/mol. The van der Waals surface area contributed by atoms with Crippen molar-refractivity contribution < 1.29 is 14.3 Å². The van der Waals surface area contributed by atoms with Gasteiger partial charge in [0.1, 0.15) is 0 Å². The fourth-order valence-electron chi connectivity index (χ4n) is 1.46. The molecule has 0 bridgehead atoms. The summed E-state index contributed by atoms with van der Waals surface area (Å²) in [5.74, 6) is -0.481.